The monoisotopic (exact) mass is 651 g/mol. The molecule has 0 spiro atoms. The molecule has 4 amide bonds. The van der Waals surface area contributed by atoms with Crippen LogP contribution in [0.3, 0.4) is 0 Å². The Balaban J connectivity index is 1.13. The zero-order chi connectivity index (χ0) is 32.6. The minimum Gasteiger partial charge on any atom is -0.391 e. The largest absolute Gasteiger partial charge is 0.391 e. The molecule has 4 aliphatic heterocycles. The maximum atomic E-state index is 15.4. The summed E-state index contributed by atoms with van der Waals surface area (Å²) < 4.78 is 15.4. The number of hydrogen-bond acceptors (Lipinski definition) is 6. The van der Waals surface area contributed by atoms with Gasteiger partial charge in [0.1, 0.15) is 11.2 Å². The second-order valence-corrected chi connectivity index (χ2v) is 15.5. The summed E-state index contributed by atoms with van der Waals surface area (Å²) in [6.07, 6.45) is 3.08. The van der Waals surface area contributed by atoms with Gasteiger partial charge in [0.2, 0.25) is 11.8 Å². The predicted molar refractivity (Wildman–Crippen MR) is 179 cm³/mol. The van der Waals surface area contributed by atoms with Crippen molar-refractivity contribution in [2.45, 2.75) is 82.1 Å². The number of nitrogens with one attached hydrogen (secondary N) is 1. The SMILES string of the molecule is CC(C)(C)CCN1C(=O)[C@H](CC(=O)N2CCC(N3CCc4ccccc4NC3=O)CC2)SC1c1cccc(F)c1N1CC[C@@H](O)C1. The predicted octanol–water partition coefficient (Wildman–Crippen LogP) is 5.25. The van der Waals surface area contributed by atoms with Crippen molar-refractivity contribution in [3.05, 3.63) is 59.4 Å². The maximum Gasteiger partial charge on any atom is 0.322 e. The first-order valence-electron chi connectivity index (χ1n) is 16.6. The number of likely N-dealkylation sites (tertiary alicyclic amines) is 1. The van der Waals surface area contributed by atoms with Crippen molar-refractivity contribution < 1.29 is 23.9 Å². The lowest BCUT2D eigenvalue weighted by molar-refractivity contribution is -0.137. The number of rotatable bonds is 7. The van der Waals surface area contributed by atoms with E-state index in [-0.39, 0.29) is 41.5 Å². The average molecular weight is 652 g/mol. The highest BCUT2D eigenvalue weighted by atomic mass is 32.2. The Labute approximate surface area is 275 Å². The van der Waals surface area contributed by atoms with Gasteiger partial charge in [-0.3, -0.25) is 9.59 Å². The molecule has 0 bridgehead atoms. The molecule has 0 saturated carbocycles. The molecule has 2 aromatic carbocycles. The van der Waals surface area contributed by atoms with Gasteiger partial charge >= 0.3 is 6.03 Å². The van der Waals surface area contributed by atoms with Gasteiger partial charge in [0.25, 0.3) is 0 Å². The van der Waals surface area contributed by atoms with E-state index in [1.807, 2.05) is 49.9 Å². The van der Waals surface area contributed by atoms with Crippen molar-refractivity contribution in [3.8, 4) is 0 Å². The van der Waals surface area contributed by atoms with Crippen LogP contribution in [0.1, 0.15) is 69.4 Å². The number of para-hydroxylation sites is 2. The summed E-state index contributed by atoms with van der Waals surface area (Å²) in [4.78, 5) is 48.1. The van der Waals surface area contributed by atoms with Gasteiger partial charge in [0.15, 0.2) is 0 Å². The first kappa shape index (κ1) is 32.6. The topological polar surface area (TPSA) is 96.4 Å². The number of thioether (sulfide) groups is 1. The van der Waals surface area contributed by atoms with E-state index in [0.717, 1.165) is 29.7 Å². The normalized spacial score (nSPS) is 24.3. The molecule has 6 rings (SSSR count). The average Bonchev–Trinajstić information content (AvgIpc) is 3.53. The number of amides is 4. The Bertz CT molecular complexity index is 1460. The standard InChI is InChI=1S/C35H46FN5O4S/c1-35(2,3)15-20-41-32(44)29(46-33(41)26-8-6-9-27(36)31(26)39-18-14-25(42)22-39)21-30(43)38-16-12-24(13-17-38)40-19-11-23-7-4-5-10-28(23)37-34(40)45/h4-10,24-25,29,33,42H,11-22H2,1-3H3,(H,37,45)/t25-,29+,33?/m1/s1. The Kier molecular flexibility index (Phi) is 9.53. The molecule has 2 N–H and O–H groups in total. The molecule has 2 aromatic rings. The van der Waals surface area contributed by atoms with Gasteiger partial charge in [0.05, 0.1) is 17.0 Å². The van der Waals surface area contributed by atoms with Crippen LogP contribution in [0.15, 0.2) is 42.5 Å². The first-order chi connectivity index (χ1) is 22.0. The van der Waals surface area contributed by atoms with Gasteiger partial charge in [0, 0.05) is 63.0 Å². The summed E-state index contributed by atoms with van der Waals surface area (Å²) in [6.45, 7) is 9.52. The number of aliphatic hydroxyl groups is 1. The number of hydrogen-bond donors (Lipinski definition) is 2. The summed E-state index contributed by atoms with van der Waals surface area (Å²) in [5, 5.41) is 12.3. The highest BCUT2D eigenvalue weighted by Crippen LogP contribution is 2.48. The summed E-state index contributed by atoms with van der Waals surface area (Å²) in [6, 6.07) is 12.8. The van der Waals surface area contributed by atoms with E-state index in [9.17, 15) is 19.5 Å². The minimum absolute atomic E-state index is 0.00929. The number of piperidine rings is 1. The van der Waals surface area contributed by atoms with Crippen LogP contribution in [0.4, 0.5) is 20.6 Å². The van der Waals surface area contributed by atoms with Crippen molar-refractivity contribution >= 4 is 41.0 Å². The number of urea groups is 1. The summed E-state index contributed by atoms with van der Waals surface area (Å²) in [5.41, 5.74) is 3.14. The number of carbonyl (C=O) groups excluding carboxylic acids is 3. The Morgan fingerprint density at radius 1 is 1.02 bits per heavy atom. The fourth-order valence-electron chi connectivity index (χ4n) is 7.11. The van der Waals surface area contributed by atoms with Crippen LogP contribution in [0, 0.1) is 11.2 Å². The van der Waals surface area contributed by atoms with Gasteiger partial charge in [-0.2, -0.15) is 0 Å². The summed E-state index contributed by atoms with van der Waals surface area (Å²) in [7, 11) is 0. The number of aliphatic hydroxyl groups excluding tert-OH is 1. The Morgan fingerprint density at radius 2 is 1.78 bits per heavy atom. The number of benzene rings is 2. The summed E-state index contributed by atoms with van der Waals surface area (Å²) >= 11 is 1.44. The molecular formula is C35H46FN5O4S. The van der Waals surface area contributed by atoms with Crippen molar-refractivity contribution in [3.63, 3.8) is 0 Å². The van der Waals surface area contributed by atoms with Crippen LogP contribution >= 0.6 is 11.8 Å². The first-order valence-corrected chi connectivity index (χ1v) is 17.5. The molecule has 46 heavy (non-hydrogen) atoms. The lowest BCUT2D eigenvalue weighted by Gasteiger charge is -2.38. The van der Waals surface area contributed by atoms with Crippen LogP contribution in [0.25, 0.3) is 0 Å². The minimum atomic E-state index is -0.564. The molecule has 3 saturated heterocycles. The van der Waals surface area contributed by atoms with Gasteiger partial charge in [-0.25, -0.2) is 9.18 Å². The van der Waals surface area contributed by atoms with Gasteiger partial charge in [-0.05, 0) is 55.2 Å². The van der Waals surface area contributed by atoms with Crippen molar-refractivity contribution in [1.29, 1.82) is 0 Å². The molecule has 4 aliphatic rings. The number of carbonyl (C=O) groups is 3. The fraction of sp³-hybridized carbons (Fsp3) is 0.571. The van der Waals surface area contributed by atoms with Crippen LogP contribution in [0.2, 0.25) is 0 Å². The van der Waals surface area contributed by atoms with Crippen molar-refractivity contribution in [1.82, 2.24) is 14.7 Å². The molecule has 4 heterocycles. The summed E-state index contributed by atoms with van der Waals surface area (Å²) in [5.74, 6) is -0.504. The quantitative estimate of drug-likeness (QED) is 0.425. The molecule has 0 radical (unpaired) electrons. The number of halogens is 1. The highest BCUT2D eigenvalue weighted by Gasteiger charge is 2.44. The van der Waals surface area contributed by atoms with E-state index >= 15 is 4.39 Å². The Morgan fingerprint density at radius 3 is 2.50 bits per heavy atom. The van der Waals surface area contributed by atoms with Crippen molar-refractivity contribution in [2.75, 3.05) is 49.5 Å². The lowest BCUT2D eigenvalue weighted by Crippen LogP contribution is -2.50. The fourth-order valence-corrected chi connectivity index (χ4v) is 8.61. The molecule has 3 fully saturated rings. The molecule has 9 nitrogen and oxygen atoms in total. The molecule has 0 aliphatic carbocycles. The second-order valence-electron chi connectivity index (χ2n) is 14.2. The molecular weight excluding hydrogens is 605 g/mol. The third-order valence-electron chi connectivity index (χ3n) is 9.76. The number of β-amino-alcohol motifs (C(OH)–C–C–N with tert-alkyl or cyclic N) is 1. The molecule has 3 atom stereocenters. The van der Waals surface area contributed by atoms with E-state index < -0.39 is 16.7 Å². The maximum absolute atomic E-state index is 15.4. The van der Waals surface area contributed by atoms with Gasteiger partial charge in [-0.15, -0.1) is 11.8 Å². The number of fused-ring (bicyclic) bond motifs is 1. The lowest BCUT2D eigenvalue weighted by atomic mass is 9.92. The van der Waals surface area contributed by atoms with Crippen molar-refractivity contribution in [2.24, 2.45) is 5.41 Å². The zero-order valence-electron chi connectivity index (χ0n) is 27.1. The van der Waals surface area contributed by atoms with E-state index in [0.29, 0.717) is 64.2 Å². The van der Waals surface area contributed by atoms with E-state index in [2.05, 4.69) is 26.1 Å². The van der Waals surface area contributed by atoms with Crippen LogP contribution < -0.4 is 10.2 Å². The van der Waals surface area contributed by atoms with Crippen LogP contribution in [0.5, 0.6) is 0 Å². The van der Waals surface area contributed by atoms with E-state index in [1.165, 1.54) is 17.8 Å². The molecule has 1 unspecified atom stereocenters. The van der Waals surface area contributed by atoms with Crippen LogP contribution in [-0.2, 0) is 16.0 Å². The van der Waals surface area contributed by atoms with Gasteiger partial charge in [-0.1, -0.05) is 51.1 Å². The van der Waals surface area contributed by atoms with Crippen LogP contribution in [-0.4, -0.2) is 94.3 Å². The zero-order valence-corrected chi connectivity index (χ0v) is 27.9. The third-order valence-corrected chi connectivity index (χ3v) is 11.2. The van der Waals surface area contributed by atoms with E-state index in [1.54, 1.807) is 6.07 Å². The Hall–Kier alpha value is -3.31. The third kappa shape index (κ3) is 7.00. The smallest absolute Gasteiger partial charge is 0.322 e. The molecule has 248 valence electrons. The molecule has 11 heteroatoms. The van der Waals surface area contributed by atoms with Gasteiger partial charge < -0.3 is 30.0 Å². The second kappa shape index (κ2) is 13.4. The number of anilines is 2. The molecule has 0 aromatic heterocycles. The highest BCUT2D eigenvalue weighted by molar-refractivity contribution is 8.01. The number of nitrogens with zero attached hydrogens (tertiary/aromatic N) is 4. The van der Waals surface area contributed by atoms with E-state index in [4.69, 9.17) is 0 Å².